The third-order valence-corrected chi connectivity index (χ3v) is 3.22. The van der Waals surface area contributed by atoms with E-state index >= 15 is 0 Å². The first-order valence-electron chi connectivity index (χ1n) is 5.44. The molecule has 0 bridgehead atoms. The highest BCUT2D eigenvalue weighted by Crippen LogP contribution is 2.20. The molecular weight excluding hydrogens is 206 g/mol. The quantitative estimate of drug-likeness (QED) is 0.755. The summed E-state index contributed by atoms with van der Waals surface area (Å²) in [6, 6.07) is 2.52. The van der Waals surface area contributed by atoms with Gasteiger partial charge in [-0.3, -0.25) is 0 Å². The monoisotopic (exact) mass is 227 g/mol. The molecule has 0 spiro atoms. The van der Waals surface area contributed by atoms with Crippen LogP contribution in [-0.4, -0.2) is 18.6 Å². The van der Waals surface area contributed by atoms with E-state index in [0.717, 1.165) is 18.1 Å². The lowest BCUT2D eigenvalue weighted by atomic mass is 10.1. The van der Waals surface area contributed by atoms with Crippen molar-refractivity contribution in [1.82, 2.24) is 5.32 Å². The molecule has 0 aliphatic rings. The summed E-state index contributed by atoms with van der Waals surface area (Å²) in [6.07, 6.45) is 3.37. The first-order valence-corrected chi connectivity index (χ1v) is 6.83. The average Bonchev–Trinajstić information content (AvgIpc) is 2.52. The van der Waals surface area contributed by atoms with Gasteiger partial charge in [0.05, 0.1) is 0 Å². The molecule has 0 amide bonds. The number of hydrogen-bond acceptors (Lipinski definition) is 3. The minimum atomic E-state index is 0.393. The molecule has 0 aliphatic heterocycles. The van der Waals surface area contributed by atoms with Crippen LogP contribution >= 0.6 is 11.8 Å². The fourth-order valence-electron chi connectivity index (χ4n) is 1.73. The van der Waals surface area contributed by atoms with Crippen molar-refractivity contribution in [3.8, 4) is 0 Å². The smallest absolute Gasteiger partial charge is 0.105 e. The van der Waals surface area contributed by atoms with Crippen LogP contribution in [-0.2, 0) is 0 Å². The number of furan rings is 1. The molecule has 86 valence electrons. The summed E-state index contributed by atoms with van der Waals surface area (Å²) in [7, 11) is 0. The van der Waals surface area contributed by atoms with Gasteiger partial charge < -0.3 is 9.73 Å². The topological polar surface area (TPSA) is 25.2 Å². The van der Waals surface area contributed by atoms with Crippen LogP contribution in [0.5, 0.6) is 0 Å². The van der Waals surface area contributed by atoms with Crippen molar-refractivity contribution < 1.29 is 4.42 Å². The van der Waals surface area contributed by atoms with Gasteiger partial charge in [0, 0.05) is 11.6 Å². The predicted octanol–water partition coefficient (Wildman–Crippen LogP) is 3.30. The maximum absolute atomic E-state index is 5.52. The van der Waals surface area contributed by atoms with Gasteiger partial charge >= 0.3 is 0 Å². The van der Waals surface area contributed by atoms with Crippen molar-refractivity contribution in [2.24, 2.45) is 0 Å². The van der Waals surface area contributed by atoms with Gasteiger partial charge in [-0.05, 0) is 51.8 Å². The maximum atomic E-state index is 5.52. The molecule has 2 nitrogen and oxygen atoms in total. The molecule has 0 saturated carbocycles. The highest BCUT2D eigenvalue weighted by atomic mass is 32.2. The Hall–Kier alpha value is -0.410. The average molecular weight is 227 g/mol. The number of thioether (sulfide) groups is 1. The second-order valence-corrected chi connectivity index (χ2v) is 4.88. The van der Waals surface area contributed by atoms with Gasteiger partial charge in [0.15, 0.2) is 0 Å². The molecule has 1 unspecified atom stereocenters. The van der Waals surface area contributed by atoms with E-state index in [0.29, 0.717) is 6.04 Å². The first-order chi connectivity index (χ1) is 7.15. The van der Waals surface area contributed by atoms with Crippen molar-refractivity contribution in [2.45, 2.75) is 33.2 Å². The summed E-state index contributed by atoms with van der Waals surface area (Å²) >= 11 is 1.90. The van der Waals surface area contributed by atoms with E-state index in [1.165, 1.54) is 17.7 Å². The van der Waals surface area contributed by atoms with E-state index in [1.807, 2.05) is 25.6 Å². The van der Waals surface area contributed by atoms with Crippen molar-refractivity contribution in [3.05, 3.63) is 23.2 Å². The Labute approximate surface area is 96.8 Å². The SMILES string of the molecule is CSCCCNC(C)c1cc(C)oc1C. The van der Waals surface area contributed by atoms with Crippen molar-refractivity contribution >= 4 is 11.8 Å². The lowest BCUT2D eigenvalue weighted by Crippen LogP contribution is -2.20. The van der Waals surface area contributed by atoms with E-state index in [4.69, 9.17) is 4.42 Å². The van der Waals surface area contributed by atoms with Crippen LogP contribution in [0, 0.1) is 13.8 Å². The molecule has 0 aromatic carbocycles. The standard InChI is InChI=1S/C12H21NOS/c1-9-8-12(11(3)14-9)10(2)13-6-5-7-15-4/h8,10,13H,5-7H2,1-4H3. The molecule has 0 fully saturated rings. The van der Waals surface area contributed by atoms with E-state index in [2.05, 4.69) is 24.6 Å². The van der Waals surface area contributed by atoms with E-state index in [-0.39, 0.29) is 0 Å². The molecule has 1 heterocycles. The lowest BCUT2D eigenvalue weighted by Gasteiger charge is -2.12. The van der Waals surface area contributed by atoms with Crippen LogP contribution in [0.2, 0.25) is 0 Å². The van der Waals surface area contributed by atoms with E-state index in [9.17, 15) is 0 Å². The number of hydrogen-bond donors (Lipinski definition) is 1. The van der Waals surface area contributed by atoms with Gasteiger partial charge in [-0.25, -0.2) is 0 Å². The second kappa shape index (κ2) is 6.23. The molecule has 1 N–H and O–H groups in total. The van der Waals surface area contributed by atoms with Crippen molar-refractivity contribution in [2.75, 3.05) is 18.6 Å². The van der Waals surface area contributed by atoms with Gasteiger partial charge in [-0.15, -0.1) is 0 Å². The summed E-state index contributed by atoms with van der Waals surface area (Å²) in [5.41, 5.74) is 1.29. The number of rotatable bonds is 6. The summed E-state index contributed by atoms with van der Waals surface area (Å²) in [5.74, 6) is 3.26. The highest BCUT2D eigenvalue weighted by molar-refractivity contribution is 7.98. The Balaban J connectivity index is 2.39. The summed E-state index contributed by atoms with van der Waals surface area (Å²) in [4.78, 5) is 0. The Kier molecular flexibility index (Phi) is 5.26. The number of aryl methyl sites for hydroxylation is 2. The fraction of sp³-hybridized carbons (Fsp3) is 0.667. The first kappa shape index (κ1) is 12.7. The van der Waals surface area contributed by atoms with E-state index in [1.54, 1.807) is 0 Å². The molecule has 1 atom stereocenters. The van der Waals surface area contributed by atoms with Crippen LogP contribution in [0.3, 0.4) is 0 Å². The van der Waals surface area contributed by atoms with Gasteiger partial charge in [-0.1, -0.05) is 0 Å². The normalized spacial score (nSPS) is 13.1. The van der Waals surface area contributed by atoms with Crippen LogP contribution in [0.25, 0.3) is 0 Å². The van der Waals surface area contributed by atoms with Crippen molar-refractivity contribution in [1.29, 1.82) is 0 Å². The van der Waals surface area contributed by atoms with Crippen LogP contribution in [0.1, 0.15) is 36.5 Å². The Morgan fingerprint density at radius 2 is 2.20 bits per heavy atom. The van der Waals surface area contributed by atoms with Gasteiger partial charge in [-0.2, -0.15) is 11.8 Å². The summed E-state index contributed by atoms with van der Waals surface area (Å²) < 4.78 is 5.52. The van der Waals surface area contributed by atoms with Gasteiger partial charge in [0.1, 0.15) is 11.5 Å². The Morgan fingerprint density at radius 3 is 2.73 bits per heavy atom. The molecule has 1 aromatic heterocycles. The zero-order chi connectivity index (χ0) is 11.3. The van der Waals surface area contributed by atoms with Crippen LogP contribution in [0.4, 0.5) is 0 Å². The van der Waals surface area contributed by atoms with Gasteiger partial charge in [0.25, 0.3) is 0 Å². The summed E-state index contributed by atoms with van der Waals surface area (Å²) in [5, 5.41) is 3.51. The minimum absolute atomic E-state index is 0.393. The maximum Gasteiger partial charge on any atom is 0.105 e. The zero-order valence-corrected chi connectivity index (χ0v) is 10.9. The largest absolute Gasteiger partial charge is 0.466 e. The van der Waals surface area contributed by atoms with Crippen molar-refractivity contribution in [3.63, 3.8) is 0 Å². The van der Waals surface area contributed by atoms with Gasteiger partial charge in [0.2, 0.25) is 0 Å². The molecule has 1 rings (SSSR count). The predicted molar refractivity (Wildman–Crippen MR) is 67.6 cm³/mol. The van der Waals surface area contributed by atoms with Crippen LogP contribution in [0.15, 0.2) is 10.5 Å². The fourth-order valence-corrected chi connectivity index (χ4v) is 2.16. The highest BCUT2D eigenvalue weighted by Gasteiger charge is 2.11. The third kappa shape index (κ3) is 3.92. The van der Waals surface area contributed by atoms with E-state index < -0.39 is 0 Å². The molecular formula is C12H21NOS. The summed E-state index contributed by atoms with van der Waals surface area (Å²) in [6.45, 7) is 7.29. The van der Waals surface area contributed by atoms with Crippen LogP contribution < -0.4 is 5.32 Å². The third-order valence-electron chi connectivity index (χ3n) is 2.52. The number of nitrogens with one attached hydrogen (secondary N) is 1. The molecule has 0 aliphatic carbocycles. The molecule has 3 heteroatoms. The molecule has 0 saturated heterocycles. The molecule has 0 radical (unpaired) electrons. The molecule has 1 aromatic rings. The minimum Gasteiger partial charge on any atom is -0.466 e. The zero-order valence-electron chi connectivity index (χ0n) is 10.1. The lowest BCUT2D eigenvalue weighted by molar-refractivity contribution is 0.490. The Bertz CT molecular complexity index is 296. The molecule has 15 heavy (non-hydrogen) atoms. The second-order valence-electron chi connectivity index (χ2n) is 3.89. The Morgan fingerprint density at radius 1 is 1.47 bits per heavy atom.